The lowest BCUT2D eigenvalue weighted by Crippen LogP contribution is -2.45. The van der Waals surface area contributed by atoms with Crippen LogP contribution in [0.1, 0.15) is 20.8 Å². The molecule has 0 saturated heterocycles. The van der Waals surface area contributed by atoms with Gasteiger partial charge in [0.1, 0.15) is 12.4 Å². The van der Waals surface area contributed by atoms with E-state index in [0.29, 0.717) is 19.1 Å². The third-order valence-corrected chi connectivity index (χ3v) is 2.88. The first-order chi connectivity index (χ1) is 9.96. The lowest BCUT2D eigenvalue weighted by molar-refractivity contribution is 0.332. The molecule has 2 aromatic carbocycles. The number of rotatable bonds is 4. The molecule has 2 rings (SSSR count). The van der Waals surface area contributed by atoms with E-state index in [1.54, 1.807) is 0 Å². The van der Waals surface area contributed by atoms with E-state index in [-0.39, 0.29) is 5.54 Å². The van der Waals surface area contributed by atoms with Crippen molar-refractivity contribution in [1.29, 1.82) is 0 Å². The zero-order valence-corrected chi connectivity index (χ0v) is 12.9. The zero-order valence-electron chi connectivity index (χ0n) is 12.9. The van der Waals surface area contributed by atoms with Crippen LogP contribution in [0.25, 0.3) is 10.8 Å². The van der Waals surface area contributed by atoms with Crippen molar-refractivity contribution >= 4 is 16.7 Å². The minimum Gasteiger partial charge on any atom is -0.491 e. The summed E-state index contributed by atoms with van der Waals surface area (Å²) in [6.45, 7) is 7.16. The SMILES string of the molecule is CC(C)(C)NC(N)=NCCOc1cccc2ccccc12. The van der Waals surface area contributed by atoms with Gasteiger partial charge in [0.05, 0.1) is 6.54 Å². The van der Waals surface area contributed by atoms with Crippen molar-refractivity contribution < 1.29 is 4.74 Å². The Kier molecular flexibility index (Phi) is 4.68. The van der Waals surface area contributed by atoms with Gasteiger partial charge in [0.2, 0.25) is 0 Å². The molecule has 0 radical (unpaired) electrons. The van der Waals surface area contributed by atoms with Crippen LogP contribution in [0.4, 0.5) is 0 Å². The number of ether oxygens (including phenoxy) is 1. The van der Waals surface area contributed by atoms with Crippen molar-refractivity contribution in [2.75, 3.05) is 13.2 Å². The smallest absolute Gasteiger partial charge is 0.189 e. The van der Waals surface area contributed by atoms with Crippen LogP contribution in [-0.2, 0) is 0 Å². The summed E-state index contributed by atoms with van der Waals surface area (Å²) in [7, 11) is 0. The minimum atomic E-state index is -0.0793. The third-order valence-electron chi connectivity index (χ3n) is 2.88. The molecule has 0 aliphatic heterocycles. The molecular weight excluding hydrogens is 262 g/mol. The molecule has 2 aromatic rings. The highest BCUT2D eigenvalue weighted by Crippen LogP contribution is 2.24. The van der Waals surface area contributed by atoms with Crippen LogP contribution in [0.15, 0.2) is 47.5 Å². The summed E-state index contributed by atoms with van der Waals surface area (Å²) in [5.74, 6) is 1.33. The number of hydrogen-bond acceptors (Lipinski definition) is 2. The summed E-state index contributed by atoms with van der Waals surface area (Å²) in [5, 5.41) is 5.41. The van der Waals surface area contributed by atoms with Gasteiger partial charge in [-0.15, -0.1) is 0 Å². The van der Waals surface area contributed by atoms with Crippen LogP contribution < -0.4 is 15.8 Å². The summed E-state index contributed by atoms with van der Waals surface area (Å²) in [5.41, 5.74) is 5.73. The maximum absolute atomic E-state index is 5.81. The molecule has 0 fully saturated rings. The highest BCUT2D eigenvalue weighted by atomic mass is 16.5. The summed E-state index contributed by atoms with van der Waals surface area (Å²) < 4.78 is 5.81. The zero-order chi connectivity index (χ0) is 15.3. The molecule has 0 heterocycles. The second kappa shape index (κ2) is 6.48. The van der Waals surface area contributed by atoms with Crippen LogP contribution in [0.2, 0.25) is 0 Å². The van der Waals surface area contributed by atoms with E-state index < -0.39 is 0 Å². The standard InChI is InChI=1S/C17H23N3O/c1-17(2,3)20-16(18)19-11-12-21-15-10-6-8-13-7-4-5-9-14(13)15/h4-10H,11-12H2,1-3H3,(H3,18,19,20). The number of fused-ring (bicyclic) bond motifs is 1. The Hall–Kier alpha value is -2.23. The monoisotopic (exact) mass is 285 g/mol. The van der Waals surface area contributed by atoms with Crippen LogP contribution in [0, 0.1) is 0 Å². The van der Waals surface area contributed by atoms with E-state index in [1.807, 2.05) is 45.0 Å². The maximum Gasteiger partial charge on any atom is 0.189 e. The molecule has 0 aromatic heterocycles. The number of nitrogens with zero attached hydrogens (tertiary/aromatic N) is 1. The molecule has 0 unspecified atom stereocenters. The molecule has 3 N–H and O–H groups in total. The highest BCUT2D eigenvalue weighted by Gasteiger charge is 2.09. The summed E-state index contributed by atoms with van der Waals surface area (Å²) >= 11 is 0. The van der Waals surface area contributed by atoms with E-state index in [9.17, 15) is 0 Å². The van der Waals surface area contributed by atoms with Gasteiger partial charge in [0.25, 0.3) is 0 Å². The molecule has 0 bridgehead atoms. The van der Waals surface area contributed by atoms with Crippen LogP contribution in [0.5, 0.6) is 5.75 Å². The maximum atomic E-state index is 5.81. The molecule has 4 heteroatoms. The molecule has 0 saturated carbocycles. The molecule has 0 atom stereocenters. The van der Waals surface area contributed by atoms with Gasteiger partial charge < -0.3 is 15.8 Å². The van der Waals surface area contributed by atoms with Gasteiger partial charge >= 0.3 is 0 Å². The molecule has 0 aliphatic rings. The lowest BCUT2D eigenvalue weighted by atomic mass is 10.1. The van der Waals surface area contributed by atoms with E-state index in [0.717, 1.165) is 11.1 Å². The first-order valence-corrected chi connectivity index (χ1v) is 7.14. The minimum absolute atomic E-state index is 0.0793. The average Bonchev–Trinajstić information content (AvgIpc) is 2.42. The van der Waals surface area contributed by atoms with Crippen LogP contribution in [-0.4, -0.2) is 24.7 Å². The molecule has 4 nitrogen and oxygen atoms in total. The van der Waals surface area contributed by atoms with Gasteiger partial charge in [0.15, 0.2) is 5.96 Å². The number of guanidine groups is 1. The van der Waals surface area contributed by atoms with E-state index in [2.05, 4.69) is 28.5 Å². The molecule has 21 heavy (non-hydrogen) atoms. The largest absolute Gasteiger partial charge is 0.491 e. The molecule has 0 amide bonds. The first-order valence-electron chi connectivity index (χ1n) is 7.14. The van der Waals surface area contributed by atoms with E-state index in [4.69, 9.17) is 10.5 Å². The molecule has 112 valence electrons. The Morgan fingerprint density at radius 1 is 1.14 bits per heavy atom. The molecule has 0 spiro atoms. The number of hydrogen-bond donors (Lipinski definition) is 2. The lowest BCUT2D eigenvalue weighted by Gasteiger charge is -2.21. The second-order valence-corrected chi connectivity index (χ2v) is 5.97. The Morgan fingerprint density at radius 3 is 2.62 bits per heavy atom. The Labute approximate surface area is 126 Å². The Morgan fingerprint density at radius 2 is 1.86 bits per heavy atom. The van der Waals surface area contributed by atoms with Gasteiger partial charge in [-0.25, -0.2) is 4.99 Å². The van der Waals surface area contributed by atoms with E-state index in [1.165, 1.54) is 5.39 Å². The van der Waals surface area contributed by atoms with Crippen LogP contribution in [0.3, 0.4) is 0 Å². The summed E-state index contributed by atoms with van der Waals surface area (Å²) in [6.07, 6.45) is 0. The third kappa shape index (κ3) is 4.67. The number of nitrogens with two attached hydrogens (primary N) is 1. The normalized spacial score (nSPS) is 12.4. The fourth-order valence-corrected chi connectivity index (χ4v) is 2.07. The Balaban J connectivity index is 1.93. The first kappa shape index (κ1) is 15.2. The molecular formula is C17H23N3O. The predicted octanol–water partition coefficient (Wildman–Crippen LogP) is 2.92. The summed E-state index contributed by atoms with van der Waals surface area (Å²) in [6, 6.07) is 14.2. The average molecular weight is 285 g/mol. The van der Waals surface area contributed by atoms with Gasteiger partial charge in [-0.05, 0) is 32.2 Å². The number of benzene rings is 2. The van der Waals surface area contributed by atoms with Crippen molar-refractivity contribution in [3.05, 3.63) is 42.5 Å². The number of nitrogens with one attached hydrogen (secondary N) is 1. The fourth-order valence-electron chi connectivity index (χ4n) is 2.07. The van der Waals surface area contributed by atoms with Gasteiger partial charge in [0, 0.05) is 10.9 Å². The predicted molar refractivity (Wildman–Crippen MR) is 88.8 cm³/mol. The van der Waals surface area contributed by atoms with Crippen molar-refractivity contribution in [3.63, 3.8) is 0 Å². The summed E-state index contributed by atoms with van der Waals surface area (Å²) in [4.78, 5) is 4.26. The fraction of sp³-hybridized carbons (Fsp3) is 0.353. The van der Waals surface area contributed by atoms with Gasteiger partial charge in [-0.3, -0.25) is 0 Å². The number of aliphatic imine (C=N–C) groups is 1. The highest BCUT2D eigenvalue weighted by molar-refractivity contribution is 5.88. The van der Waals surface area contributed by atoms with Gasteiger partial charge in [-0.2, -0.15) is 0 Å². The molecule has 0 aliphatic carbocycles. The van der Waals surface area contributed by atoms with Crippen molar-refractivity contribution in [1.82, 2.24) is 5.32 Å². The van der Waals surface area contributed by atoms with Crippen LogP contribution >= 0.6 is 0 Å². The van der Waals surface area contributed by atoms with Crippen molar-refractivity contribution in [2.45, 2.75) is 26.3 Å². The van der Waals surface area contributed by atoms with Gasteiger partial charge in [-0.1, -0.05) is 36.4 Å². The Bertz CT molecular complexity index is 624. The van der Waals surface area contributed by atoms with Crippen molar-refractivity contribution in [2.24, 2.45) is 10.7 Å². The second-order valence-electron chi connectivity index (χ2n) is 5.97. The quantitative estimate of drug-likeness (QED) is 0.516. The van der Waals surface area contributed by atoms with Crippen molar-refractivity contribution in [3.8, 4) is 5.75 Å². The van der Waals surface area contributed by atoms with E-state index >= 15 is 0 Å². The topological polar surface area (TPSA) is 59.6 Å².